The summed E-state index contributed by atoms with van der Waals surface area (Å²) in [6, 6.07) is 11.8. The molecule has 0 aliphatic carbocycles. The van der Waals surface area contributed by atoms with Crippen LogP contribution in [0.1, 0.15) is 0 Å². The van der Waals surface area contributed by atoms with E-state index in [4.69, 9.17) is 0 Å². The largest absolute Gasteiger partial charge is 0.507 e. The van der Waals surface area contributed by atoms with Crippen LogP contribution in [-0.4, -0.2) is 10.1 Å². The van der Waals surface area contributed by atoms with E-state index in [1.807, 2.05) is 12.1 Å². The van der Waals surface area contributed by atoms with Crippen LogP contribution in [0.5, 0.6) is 5.75 Å². The van der Waals surface area contributed by atoms with Gasteiger partial charge in [-0.25, -0.2) is 0 Å². The Balaban J connectivity index is 2.54. The van der Waals surface area contributed by atoms with Crippen molar-refractivity contribution in [2.45, 2.75) is 0 Å². The van der Waals surface area contributed by atoms with E-state index in [-0.39, 0.29) is 5.75 Å². The zero-order valence-electron chi connectivity index (χ0n) is 6.94. The molecule has 0 aliphatic rings. The van der Waals surface area contributed by atoms with Gasteiger partial charge in [-0.2, -0.15) is 0 Å². The number of benzene rings is 1. The van der Waals surface area contributed by atoms with Gasteiger partial charge in [-0.15, -0.1) is 0 Å². The first-order valence-electron chi connectivity index (χ1n) is 3.98. The predicted octanol–water partition coefficient (Wildman–Crippen LogP) is 2.25. The van der Waals surface area contributed by atoms with Crippen molar-refractivity contribution in [2.75, 3.05) is 0 Å². The molecule has 0 unspecified atom stereocenters. The second-order valence-corrected chi connectivity index (χ2v) is 2.67. The zero-order chi connectivity index (χ0) is 9.10. The predicted molar refractivity (Wildman–Crippen MR) is 50.2 cm³/mol. The summed E-state index contributed by atoms with van der Waals surface area (Å²) in [6.45, 7) is 0. The van der Waals surface area contributed by atoms with Crippen molar-refractivity contribution in [3.8, 4) is 16.9 Å². The highest BCUT2D eigenvalue weighted by molar-refractivity contribution is 5.68. The van der Waals surface area contributed by atoms with Crippen LogP contribution in [0.4, 0.5) is 0 Å². The average molecular weight is 170 g/mol. The maximum Gasteiger partial charge on any atom is 0.124 e. The van der Waals surface area contributed by atoms with Gasteiger partial charge in [0.1, 0.15) is 5.75 Å². The summed E-state index contributed by atoms with van der Waals surface area (Å²) in [5.41, 5.74) is 1.57. The highest BCUT2D eigenvalue weighted by Gasteiger charge is 2.01. The molecule has 0 bridgehead atoms. The van der Waals surface area contributed by atoms with Crippen LogP contribution in [-0.2, 0) is 0 Å². The summed E-state index contributed by atoms with van der Waals surface area (Å²) in [5.74, 6) is 0.232. The summed E-state index contributed by atoms with van der Waals surface area (Å²) in [7, 11) is 0. The van der Waals surface area contributed by atoms with Crippen molar-refractivity contribution in [2.24, 2.45) is 0 Å². The number of nitrogens with zero attached hydrogens (tertiary/aromatic N) is 1. The fraction of sp³-hybridized carbons (Fsp3) is 0. The molecule has 1 aromatic heterocycles. The first-order chi connectivity index (χ1) is 6.38. The number of aromatic hydroxyl groups is 1. The molecule has 0 spiro atoms. The van der Waals surface area contributed by atoms with Crippen molar-refractivity contribution < 1.29 is 5.11 Å². The van der Waals surface area contributed by atoms with Crippen molar-refractivity contribution in [1.29, 1.82) is 0 Å². The Morgan fingerprint density at radius 3 is 2.85 bits per heavy atom. The molecule has 0 fully saturated rings. The number of rotatable bonds is 1. The lowest BCUT2D eigenvalue weighted by Gasteiger charge is -2.01. The Labute approximate surface area is 76.5 Å². The third kappa shape index (κ3) is 1.51. The first-order valence-corrected chi connectivity index (χ1v) is 3.98. The molecular weight excluding hydrogens is 162 g/mol. The average Bonchev–Trinajstić information content (AvgIpc) is 2.20. The van der Waals surface area contributed by atoms with Crippen LogP contribution in [0.3, 0.4) is 0 Å². The first kappa shape index (κ1) is 7.80. The number of pyridine rings is 1. The molecule has 2 heteroatoms. The van der Waals surface area contributed by atoms with E-state index in [9.17, 15) is 5.11 Å². The lowest BCUT2D eigenvalue weighted by Crippen LogP contribution is -1.79. The third-order valence-electron chi connectivity index (χ3n) is 1.78. The van der Waals surface area contributed by atoms with Crippen molar-refractivity contribution in [3.63, 3.8) is 0 Å². The molecule has 2 nitrogen and oxygen atoms in total. The fourth-order valence-corrected chi connectivity index (χ4v) is 1.17. The Hall–Kier alpha value is -1.83. The second-order valence-electron chi connectivity index (χ2n) is 2.67. The molecule has 63 valence electrons. The van der Waals surface area contributed by atoms with Crippen molar-refractivity contribution in [3.05, 3.63) is 48.8 Å². The van der Waals surface area contributed by atoms with Gasteiger partial charge in [0.05, 0.1) is 0 Å². The van der Waals surface area contributed by atoms with Gasteiger partial charge < -0.3 is 5.11 Å². The number of phenolic OH excluding ortho intramolecular Hbond substituents is 1. The summed E-state index contributed by atoms with van der Waals surface area (Å²) >= 11 is 0. The van der Waals surface area contributed by atoms with E-state index in [2.05, 4.69) is 11.1 Å². The van der Waals surface area contributed by atoms with Crippen LogP contribution in [0.25, 0.3) is 11.1 Å². The van der Waals surface area contributed by atoms with Crippen LogP contribution in [0.15, 0.2) is 42.7 Å². The van der Waals surface area contributed by atoms with Crippen LogP contribution < -0.4 is 0 Å². The molecule has 0 amide bonds. The lowest BCUT2D eigenvalue weighted by atomic mass is 10.1. The summed E-state index contributed by atoms with van der Waals surface area (Å²) in [4.78, 5) is 3.97. The Kier molecular flexibility index (Phi) is 1.96. The maximum absolute atomic E-state index is 9.50. The highest BCUT2D eigenvalue weighted by atomic mass is 16.3. The van der Waals surface area contributed by atoms with Gasteiger partial charge >= 0.3 is 0 Å². The summed E-state index contributed by atoms with van der Waals surface area (Å²) < 4.78 is 0. The maximum atomic E-state index is 9.50. The minimum atomic E-state index is 0.232. The zero-order valence-corrected chi connectivity index (χ0v) is 6.94. The number of phenols is 1. The van der Waals surface area contributed by atoms with E-state index < -0.39 is 0 Å². The molecule has 2 aromatic rings. The van der Waals surface area contributed by atoms with E-state index in [1.54, 1.807) is 30.6 Å². The quantitative estimate of drug-likeness (QED) is 0.712. The molecule has 1 heterocycles. The molecule has 2 rings (SSSR count). The Bertz CT molecular complexity index is 398. The highest BCUT2D eigenvalue weighted by Crippen LogP contribution is 2.26. The van der Waals surface area contributed by atoms with Crippen molar-refractivity contribution in [1.82, 2.24) is 4.98 Å². The van der Waals surface area contributed by atoms with Crippen LogP contribution in [0.2, 0.25) is 0 Å². The minimum absolute atomic E-state index is 0.232. The lowest BCUT2D eigenvalue weighted by molar-refractivity contribution is 0.477. The third-order valence-corrected chi connectivity index (χ3v) is 1.78. The van der Waals surface area contributed by atoms with Gasteiger partial charge in [0.25, 0.3) is 0 Å². The monoisotopic (exact) mass is 170 g/mol. The van der Waals surface area contributed by atoms with E-state index in [0.29, 0.717) is 5.56 Å². The SMILES string of the molecule is Oc1ccc[c]c1-c1cccnc1. The van der Waals surface area contributed by atoms with Gasteiger partial charge in [0.15, 0.2) is 0 Å². The molecule has 1 N–H and O–H groups in total. The van der Waals surface area contributed by atoms with Gasteiger partial charge in [0.2, 0.25) is 0 Å². The van der Waals surface area contributed by atoms with E-state index in [1.165, 1.54) is 0 Å². The molecule has 1 radical (unpaired) electrons. The van der Waals surface area contributed by atoms with E-state index in [0.717, 1.165) is 5.56 Å². The Morgan fingerprint density at radius 2 is 2.15 bits per heavy atom. The van der Waals surface area contributed by atoms with E-state index >= 15 is 0 Å². The van der Waals surface area contributed by atoms with Crippen LogP contribution >= 0.6 is 0 Å². The van der Waals surface area contributed by atoms with Crippen molar-refractivity contribution >= 4 is 0 Å². The van der Waals surface area contributed by atoms with Gasteiger partial charge in [0, 0.05) is 23.5 Å². The molecule has 13 heavy (non-hydrogen) atoms. The standard InChI is InChI=1S/C11H8NO/c13-11-6-2-1-5-10(11)9-4-3-7-12-8-9/h1-4,6-8,13H. The molecule has 0 atom stereocenters. The second kappa shape index (κ2) is 3.27. The summed E-state index contributed by atoms with van der Waals surface area (Å²) in [6.07, 6.45) is 3.40. The molecule has 1 aromatic carbocycles. The van der Waals surface area contributed by atoms with Gasteiger partial charge in [-0.3, -0.25) is 4.98 Å². The summed E-state index contributed by atoms with van der Waals surface area (Å²) in [5, 5.41) is 9.50. The normalized spacial score (nSPS) is 9.85. The fourth-order valence-electron chi connectivity index (χ4n) is 1.17. The van der Waals surface area contributed by atoms with Gasteiger partial charge in [-0.05, 0) is 18.2 Å². The number of hydrogen-bond donors (Lipinski definition) is 1. The van der Waals surface area contributed by atoms with Gasteiger partial charge in [-0.1, -0.05) is 18.2 Å². The number of hydrogen-bond acceptors (Lipinski definition) is 2. The molecular formula is C11H8NO. The number of aromatic nitrogens is 1. The smallest absolute Gasteiger partial charge is 0.124 e. The Morgan fingerprint density at radius 1 is 1.23 bits per heavy atom. The molecule has 0 saturated heterocycles. The topological polar surface area (TPSA) is 33.1 Å². The molecule has 0 aliphatic heterocycles. The molecule has 0 saturated carbocycles. The van der Waals surface area contributed by atoms with Crippen LogP contribution in [0, 0.1) is 6.07 Å². The minimum Gasteiger partial charge on any atom is -0.507 e.